The lowest BCUT2D eigenvalue weighted by molar-refractivity contribution is 0.394. The number of hydrogen-bond donors (Lipinski definition) is 0. The van der Waals surface area contributed by atoms with Crippen LogP contribution >= 0.6 is 0 Å². The molecule has 2 aromatic rings. The number of aryl methyl sites for hydroxylation is 1. The lowest BCUT2D eigenvalue weighted by atomic mass is 10.0. The fourth-order valence-electron chi connectivity index (χ4n) is 1.67. The fourth-order valence-corrected chi connectivity index (χ4v) is 1.67. The van der Waals surface area contributed by atoms with E-state index in [1.807, 2.05) is 31.2 Å². The first-order valence-corrected chi connectivity index (χ1v) is 5.26. The van der Waals surface area contributed by atoms with Crippen LogP contribution in [0.5, 0.6) is 11.5 Å². The Morgan fingerprint density at radius 3 is 2.18 bits per heavy atom. The molecular formula is C13H14N2O2. The zero-order valence-electron chi connectivity index (χ0n) is 10.1. The minimum atomic E-state index is 0.760. The fraction of sp³-hybridized carbons (Fsp3) is 0.231. The average molecular weight is 230 g/mol. The maximum absolute atomic E-state index is 5.24. The van der Waals surface area contributed by atoms with Gasteiger partial charge in [0.25, 0.3) is 0 Å². The first kappa shape index (κ1) is 11.4. The summed E-state index contributed by atoms with van der Waals surface area (Å²) in [5.74, 6) is 1.52. The molecule has 0 fully saturated rings. The smallest absolute Gasteiger partial charge is 0.123 e. The van der Waals surface area contributed by atoms with Gasteiger partial charge in [0.05, 0.1) is 26.1 Å². The molecule has 0 unspecified atom stereocenters. The lowest BCUT2D eigenvalue weighted by Gasteiger charge is -2.09. The Morgan fingerprint density at radius 2 is 1.65 bits per heavy atom. The van der Waals surface area contributed by atoms with Gasteiger partial charge in [-0.25, -0.2) is 0 Å². The predicted octanol–water partition coefficient (Wildman–Crippen LogP) is 2.47. The molecule has 0 saturated carbocycles. The lowest BCUT2D eigenvalue weighted by Crippen LogP contribution is -1.92. The minimum Gasteiger partial charge on any atom is -0.497 e. The molecule has 0 spiro atoms. The van der Waals surface area contributed by atoms with E-state index in [0.29, 0.717) is 0 Å². The molecule has 4 heteroatoms. The van der Waals surface area contributed by atoms with Crippen molar-refractivity contribution in [2.24, 2.45) is 0 Å². The molecule has 17 heavy (non-hydrogen) atoms. The van der Waals surface area contributed by atoms with Crippen molar-refractivity contribution in [2.75, 3.05) is 14.2 Å². The van der Waals surface area contributed by atoms with Crippen molar-refractivity contribution in [3.05, 3.63) is 36.2 Å². The van der Waals surface area contributed by atoms with E-state index < -0.39 is 0 Å². The molecule has 1 aromatic carbocycles. The molecule has 0 aliphatic heterocycles. The summed E-state index contributed by atoms with van der Waals surface area (Å²) in [4.78, 5) is 0. The Bertz CT molecular complexity index is 504. The van der Waals surface area contributed by atoms with Crippen LogP contribution in [0.3, 0.4) is 0 Å². The van der Waals surface area contributed by atoms with Gasteiger partial charge in [-0.05, 0) is 30.7 Å². The monoisotopic (exact) mass is 230 g/mol. The molecule has 4 nitrogen and oxygen atoms in total. The van der Waals surface area contributed by atoms with E-state index in [-0.39, 0.29) is 0 Å². The number of benzene rings is 1. The summed E-state index contributed by atoms with van der Waals surface area (Å²) in [6, 6.07) is 7.67. The summed E-state index contributed by atoms with van der Waals surface area (Å²) in [5.41, 5.74) is 2.91. The van der Waals surface area contributed by atoms with Crippen molar-refractivity contribution >= 4 is 0 Å². The van der Waals surface area contributed by atoms with Crippen LogP contribution in [0.1, 0.15) is 5.69 Å². The van der Waals surface area contributed by atoms with Gasteiger partial charge in [0.2, 0.25) is 0 Å². The highest BCUT2D eigenvalue weighted by Crippen LogP contribution is 2.30. The van der Waals surface area contributed by atoms with Crippen LogP contribution in [-0.4, -0.2) is 24.4 Å². The van der Waals surface area contributed by atoms with Gasteiger partial charge < -0.3 is 9.47 Å². The highest BCUT2D eigenvalue weighted by Gasteiger charge is 2.07. The zero-order chi connectivity index (χ0) is 12.3. The Labute approximate surface area is 100 Å². The number of methoxy groups -OCH3 is 2. The quantitative estimate of drug-likeness (QED) is 0.812. The molecular weight excluding hydrogens is 216 g/mol. The summed E-state index contributed by atoms with van der Waals surface area (Å²) >= 11 is 0. The van der Waals surface area contributed by atoms with Crippen molar-refractivity contribution in [3.63, 3.8) is 0 Å². The van der Waals surface area contributed by atoms with Gasteiger partial charge in [0, 0.05) is 11.6 Å². The predicted molar refractivity (Wildman–Crippen MR) is 65.3 cm³/mol. The van der Waals surface area contributed by atoms with Crippen LogP contribution in [-0.2, 0) is 0 Å². The summed E-state index contributed by atoms with van der Waals surface area (Å²) in [6.07, 6.45) is 1.67. The van der Waals surface area contributed by atoms with E-state index in [2.05, 4.69) is 10.2 Å². The molecule has 1 heterocycles. The van der Waals surface area contributed by atoms with E-state index in [9.17, 15) is 0 Å². The molecule has 2 rings (SSSR count). The number of nitrogens with zero attached hydrogens (tertiary/aromatic N) is 2. The highest BCUT2D eigenvalue weighted by atomic mass is 16.5. The topological polar surface area (TPSA) is 44.2 Å². The standard InChI is InChI=1S/C13H14N2O2/c1-9-13(4-5-14-15-9)10-6-11(16-2)8-12(7-10)17-3/h4-8H,1-3H3. The molecule has 0 aliphatic carbocycles. The Kier molecular flexibility index (Phi) is 3.23. The molecule has 0 N–H and O–H groups in total. The normalized spacial score (nSPS) is 10.1. The van der Waals surface area contributed by atoms with Crippen molar-refractivity contribution in [1.82, 2.24) is 10.2 Å². The average Bonchev–Trinajstić information content (AvgIpc) is 2.38. The van der Waals surface area contributed by atoms with Crippen LogP contribution in [0.2, 0.25) is 0 Å². The molecule has 0 aliphatic rings. The third kappa shape index (κ3) is 2.36. The number of aromatic nitrogens is 2. The van der Waals surface area contributed by atoms with Crippen LogP contribution < -0.4 is 9.47 Å². The summed E-state index contributed by atoms with van der Waals surface area (Å²) in [5, 5.41) is 7.88. The van der Waals surface area contributed by atoms with E-state index in [1.54, 1.807) is 20.4 Å². The van der Waals surface area contributed by atoms with Gasteiger partial charge in [-0.3, -0.25) is 0 Å². The number of ether oxygens (including phenoxy) is 2. The molecule has 88 valence electrons. The molecule has 0 bridgehead atoms. The second-order valence-electron chi connectivity index (χ2n) is 3.63. The van der Waals surface area contributed by atoms with Crippen molar-refractivity contribution in [3.8, 4) is 22.6 Å². The van der Waals surface area contributed by atoms with Gasteiger partial charge in [0.1, 0.15) is 11.5 Å². The van der Waals surface area contributed by atoms with Gasteiger partial charge >= 0.3 is 0 Å². The SMILES string of the molecule is COc1cc(OC)cc(-c2ccnnc2C)c1. The molecule has 0 saturated heterocycles. The van der Waals surface area contributed by atoms with Crippen molar-refractivity contribution in [1.29, 1.82) is 0 Å². The van der Waals surface area contributed by atoms with Crippen LogP contribution in [0.25, 0.3) is 11.1 Å². The second kappa shape index (κ2) is 4.82. The van der Waals surface area contributed by atoms with Gasteiger partial charge in [-0.1, -0.05) is 0 Å². The van der Waals surface area contributed by atoms with Crippen molar-refractivity contribution in [2.45, 2.75) is 6.92 Å². The summed E-state index contributed by atoms with van der Waals surface area (Å²) < 4.78 is 10.5. The third-order valence-electron chi connectivity index (χ3n) is 2.57. The molecule has 0 radical (unpaired) electrons. The molecule has 1 aromatic heterocycles. The molecule has 0 amide bonds. The third-order valence-corrected chi connectivity index (χ3v) is 2.57. The van der Waals surface area contributed by atoms with Gasteiger partial charge in [0.15, 0.2) is 0 Å². The Balaban J connectivity index is 2.55. The maximum Gasteiger partial charge on any atom is 0.123 e. The number of rotatable bonds is 3. The van der Waals surface area contributed by atoms with Gasteiger partial charge in [-0.15, -0.1) is 0 Å². The highest BCUT2D eigenvalue weighted by molar-refractivity contribution is 5.68. The second-order valence-corrected chi connectivity index (χ2v) is 3.63. The summed E-state index contributed by atoms with van der Waals surface area (Å²) in [7, 11) is 3.27. The minimum absolute atomic E-state index is 0.760. The zero-order valence-corrected chi connectivity index (χ0v) is 10.1. The summed E-state index contributed by atoms with van der Waals surface area (Å²) in [6.45, 7) is 1.92. The molecule has 0 atom stereocenters. The largest absolute Gasteiger partial charge is 0.497 e. The number of hydrogen-bond acceptors (Lipinski definition) is 4. The Hall–Kier alpha value is -2.10. The first-order valence-electron chi connectivity index (χ1n) is 5.26. The van der Waals surface area contributed by atoms with Crippen LogP contribution in [0.15, 0.2) is 30.5 Å². The van der Waals surface area contributed by atoms with E-state index in [0.717, 1.165) is 28.3 Å². The van der Waals surface area contributed by atoms with E-state index >= 15 is 0 Å². The van der Waals surface area contributed by atoms with E-state index in [4.69, 9.17) is 9.47 Å². The van der Waals surface area contributed by atoms with Crippen LogP contribution in [0.4, 0.5) is 0 Å². The van der Waals surface area contributed by atoms with E-state index in [1.165, 1.54) is 0 Å². The Morgan fingerprint density at radius 1 is 1.00 bits per heavy atom. The van der Waals surface area contributed by atoms with Crippen LogP contribution in [0, 0.1) is 6.92 Å². The maximum atomic E-state index is 5.24. The first-order chi connectivity index (χ1) is 8.24. The van der Waals surface area contributed by atoms with Gasteiger partial charge in [-0.2, -0.15) is 10.2 Å². The van der Waals surface area contributed by atoms with Crippen molar-refractivity contribution < 1.29 is 9.47 Å².